The van der Waals surface area contributed by atoms with Crippen LogP contribution in [0.25, 0.3) is 0 Å². The van der Waals surface area contributed by atoms with Crippen molar-refractivity contribution < 1.29 is 31.1 Å². The number of benzene rings is 1. The molecular weight excluding hydrogens is 350 g/mol. The molecule has 2 rings (SSSR count). The van der Waals surface area contributed by atoms with Gasteiger partial charge in [-0.1, -0.05) is 12.1 Å². The summed E-state index contributed by atoms with van der Waals surface area (Å²) in [7, 11) is 0. The number of hydrogen-bond acceptors (Lipinski definition) is 2. The largest absolute Gasteiger partial charge is 0.433 e. The monoisotopic (exact) mass is 362 g/mol. The van der Waals surface area contributed by atoms with E-state index in [4.69, 9.17) is 0 Å². The van der Waals surface area contributed by atoms with Crippen LogP contribution < -0.4 is 5.32 Å². The Bertz CT molecular complexity index is 720. The van der Waals surface area contributed by atoms with Gasteiger partial charge in [0.05, 0.1) is 11.1 Å². The predicted molar refractivity (Wildman–Crippen MR) is 76.7 cm³/mol. The number of nitrogens with one attached hydrogen (secondary N) is 1. The molecule has 9 heteroatoms. The van der Waals surface area contributed by atoms with E-state index in [1.165, 1.54) is 12.1 Å². The number of alkyl halides is 6. The molecule has 0 fully saturated rings. The molecule has 1 aromatic carbocycles. The van der Waals surface area contributed by atoms with E-state index in [-0.39, 0.29) is 18.5 Å². The van der Waals surface area contributed by atoms with Gasteiger partial charge in [-0.2, -0.15) is 26.3 Å². The van der Waals surface area contributed by atoms with E-state index in [2.05, 4.69) is 10.3 Å². The van der Waals surface area contributed by atoms with Crippen molar-refractivity contribution in [2.75, 3.05) is 6.54 Å². The normalized spacial score (nSPS) is 12.1. The SMILES string of the molecule is O=C(NCCc1ccc(C(F)(F)F)cc1)c1ccc(C(F)(F)F)nc1. The smallest absolute Gasteiger partial charge is 0.352 e. The second-order valence-electron chi connectivity index (χ2n) is 5.13. The Kier molecular flexibility index (Phi) is 5.34. The van der Waals surface area contributed by atoms with Crippen LogP contribution in [0.3, 0.4) is 0 Å². The summed E-state index contributed by atoms with van der Waals surface area (Å²) < 4.78 is 74.4. The number of hydrogen-bond donors (Lipinski definition) is 1. The molecule has 0 atom stereocenters. The van der Waals surface area contributed by atoms with Crippen molar-refractivity contribution in [2.24, 2.45) is 0 Å². The number of halogens is 6. The highest BCUT2D eigenvalue weighted by atomic mass is 19.4. The summed E-state index contributed by atoms with van der Waals surface area (Å²) in [4.78, 5) is 15.0. The van der Waals surface area contributed by atoms with Crippen LogP contribution in [-0.2, 0) is 18.8 Å². The fourth-order valence-electron chi connectivity index (χ4n) is 1.98. The molecule has 0 saturated carbocycles. The topological polar surface area (TPSA) is 42.0 Å². The molecule has 0 aliphatic heterocycles. The van der Waals surface area contributed by atoms with E-state index in [9.17, 15) is 31.1 Å². The molecule has 0 aliphatic carbocycles. The molecule has 2 aromatic rings. The Morgan fingerprint density at radius 2 is 1.56 bits per heavy atom. The molecule has 0 spiro atoms. The van der Waals surface area contributed by atoms with Gasteiger partial charge in [0.15, 0.2) is 0 Å². The molecule has 3 nitrogen and oxygen atoms in total. The fraction of sp³-hybridized carbons (Fsp3) is 0.250. The lowest BCUT2D eigenvalue weighted by Crippen LogP contribution is -2.26. The van der Waals surface area contributed by atoms with Crippen LogP contribution in [0.4, 0.5) is 26.3 Å². The minimum Gasteiger partial charge on any atom is -0.352 e. The molecule has 0 saturated heterocycles. The number of carbonyl (C=O) groups is 1. The van der Waals surface area contributed by atoms with Crippen molar-refractivity contribution in [3.05, 3.63) is 65.0 Å². The average Bonchev–Trinajstić information content (AvgIpc) is 2.54. The summed E-state index contributed by atoms with van der Waals surface area (Å²) in [5.41, 5.74) is -1.33. The quantitative estimate of drug-likeness (QED) is 0.833. The lowest BCUT2D eigenvalue weighted by atomic mass is 10.1. The standard InChI is InChI=1S/C16H12F6N2O/c17-15(18,19)12-4-1-10(2-5-12)7-8-23-14(25)11-3-6-13(24-9-11)16(20,21)22/h1-6,9H,7-8H2,(H,23,25). The second-order valence-corrected chi connectivity index (χ2v) is 5.13. The number of rotatable bonds is 4. The molecule has 1 aromatic heterocycles. The highest BCUT2D eigenvalue weighted by Gasteiger charge is 2.32. The summed E-state index contributed by atoms with van der Waals surface area (Å²) >= 11 is 0. The van der Waals surface area contributed by atoms with Crippen LogP contribution in [0.1, 0.15) is 27.2 Å². The molecule has 1 amide bonds. The number of carbonyl (C=O) groups excluding carboxylic acids is 1. The summed E-state index contributed by atoms with van der Waals surface area (Å²) in [5.74, 6) is -0.617. The van der Waals surface area contributed by atoms with Crippen LogP contribution in [0, 0.1) is 0 Å². The van der Waals surface area contributed by atoms with Crippen LogP contribution >= 0.6 is 0 Å². The molecule has 0 radical (unpaired) electrons. The number of pyridine rings is 1. The zero-order valence-corrected chi connectivity index (χ0v) is 12.6. The predicted octanol–water partition coefficient (Wildman–Crippen LogP) is 4.09. The van der Waals surface area contributed by atoms with Crippen molar-refractivity contribution in [3.8, 4) is 0 Å². The highest BCUT2D eigenvalue weighted by molar-refractivity contribution is 5.93. The average molecular weight is 362 g/mol. The maximum absolute atomic E-state index is 12.4. The van der Waals surface area contributed by atoms with Crippen LogP contribution in [0.15, 0.2) is 42.6 Å². The van der Waals surface area contributed by atoms with E-state index in [1.807, 2.05) is 0 Å². The van der Waals surface area contributed by atoms with Gasteiger partial charge in [-0.25, -0.2) is 0 Å². The summed E-state index contributed by atoms with van der Waals surface area (Å²) in [6, 6.07) is 6.19. The Morgan fingerprint density at radius 1 is 0.920 bits per heavy atom. The Hall–Kier alpha value is -2.58. The first-order valence-electron chi connectivity index (χ1n) is 7.05. The van der Waals surface area contributed by atoms with E-state index >= 15 is 0 Å². The van der Waals surface area contributed by atoms with Crippen LogP contribution in [0.5, 0.6) is 0 Å². The number of nitrogens with zero attached hydrogens (tertiary/aromatic N) is 1. The molecule has 134 valence electrons. The first-order chi connectivity index (χ1) is 11.6. The molecule has 1 heterocycles. The van der Waals surface area contributed by atoms with Gasteiger partial charge in [0.2, 0.25) is 0 Å². The number of amides is 1. The highest BCUT2D eigenvalue weighted by Crippen LogP contribution is 2.29. The zero-order chi connectivity index (χ0) is 18.7. The molecule has 0 unspecified atom stereocenters. The van der Waals surface area contributed by atoms with E-state index in [1.54, 1.807) is 0 Å². The Morgan fingerprint density at radius 3 is 2.04 bits per heavy atom. The molecule has 1 N–H and O–H groups in total. The van der Waals surface area contributed by atoms with E-state index in [0.717, 1.165) is 24.4 Å². The minimum atomic E-state index is -4.59. The van der Waals surface area contributed by atoms with Crippen molar-refractivity contribution >= 4 is 5.91 Å². The zero-order valence-electron chi connectivity index (χ0n) is 12.6. The van der Waals surface area contributed by atoms with Crippen molar-refractivity contribution in [3.63, 3.8) is 0 Å². The van der Waals surface area contributed by atoms with E-state index < -0.39 is 29.5 Å². The molecule has 0 aliphatic rings. The summed E-state index contributed by atoms with van der Waals surface area (Å²) in [6.45, 7) is 0.116. The second kappa shape index (κ2) is 7.12. The van der Waals surface area contributed by atoms with Gasteiger partial charge in [-0.15, -0.1) is 0 Å². The Balaban J connectivity index is 1.88. The van der Waals surface area contributed by atoms with Crippen LogP contribution in [-0.4, -0.2) is 17.4 Å². The first kappa shape index (κ1) is 18.8. The molecular formula is C16H12F6N2O. The Labute approximate surface area is 138 Å². The third-order valence-electron chi connectivity index (χ3n) is 3.30. The lowest BCUT2D eigenvalue weighted by molar-refractivity contribution is -0.141. The third kappa shape index (κ3) is 5.20. The van der Waals surface area contributed by atoms with Crippen LogP contribution in [0.2, 0.25) is 0 Å². The summed E-state index contributed by atoms with van der Waals surface area (Å²) in [5, 5.41) is 2.47. The summed E-state index contributed by atoms with van der Waals surface area (Å²) in [6.07, 6.45) is -7.91. The van der Waals surface area contributed by atoms with Crippen molar-refractivity contribution in [1.29, 1.82) is 0 Å². The molecule has 0 bridgehead atoms. The third-order valence-corrected chi connectivity index (χ3v) is 3.30. The van der Waals surface area contributed by atoms with Gasteiger partial charge in [0.25, 0.3) is 5.91 Å². The minimum absolute atomic E-state index is 0.0413. The van der Waals surface area contributed by atoms with Gasteiger partial charge >= 0.3 is 12.4 Å². The van der Waals surface area contributed by atoms with Crippen molar-refractivity contribution in [2.45, 2.75) is 18.8 Å². The van der Waals surface area contributed by atoms with E-state index in [0.29, 0.717) is 11.6 Å². The molecule has 25 heavy (non-hydrogen) atoms. The first-order valence-corrected chi connectivity index (χ1v) is 7.05. The van der Waals surface area contributed by atoms with Gasteiger partial charge in [-0.05, 0) is 36.2 Å². The van der Waals surface area contributed by atoms with Gasteiger partial charge in [-0.3, -0.25) is 9.78 Å². The fourth-order valence-corrected chi connectivity index (χ4v) is 1.98. The van der Waals surface area contributed by atoms with Gasteiger partial charge < -0.3 is 5.32 Å². The van der Waals surface area contributed by atoms with Crippen molar-refractivity contribution in [1.82, 2.24) is 10.3 Å². The van der Waals surface area contributed by atoms with Gasteiger partial charge in [0.1, 0.15) is 5.69 Å². The maximum Gasteiger partial charge on any atom is 0.433 e. The van der Waals surface area contributed by atoms with Gasteiger partial charge in [0, 0.05) is 12.7 Å². The maximum atomic E-state index is 12.4. The lowest BCUT2D eigenvalue weighted by Gasteiger charge is -2.09. The number of aromatic nitrogens is 1.